The van der Waals surface area contributed by atoms with E-state index in [1.807, 2.05) is 12.1 Å². The molecule has 0 spiro atoms. The predicted octanol–water partition coefficient (Wildman–Crippen LogP) is 2.57. The van der Waals surface area contributed by atoms with Gasteiger partial charge in [-0.05, 0) is 37.8 Å². The Kier molecular flexibility index (Phi) is 7.39. The monoisotopic (exact) mass is 268 g/mol. The number of carbonyl (C=O) groups is 2. The lowest BCUT2D eigenvalue weighted by Crippen LogP contribution is -1.94. The zero-order valence-corrected chi connectivity index (χ0v) is 11.0. The van der Waals surface area contributed by atoms with E-state index in [1.54, 1.807) is 0 Å². The van der Waals surface area contributed by atoms with Gasteiger partial charge in [0, 0.05) is 19.3 Å². The van der Waals surface area contributed by atoms with Crippen LogP contribution in [-0.4, -0.2) is 24.2 Å². The molecule has 0 radical (unpaired) electrons. The molecule has 0 unspecified atom stereocenters. The molecule has 0 aliphatic carbocycles. The van der Waals surface area contributed by atoms with E-state index in [2.05, 4.69) is 4.74 Å². The first-order valence-electron chi connectivity index (χ1n) is 6.57. The Morgan fingerprint density at radius 3 is 2.37 bits per heavy atom. The molecule has 0 aliphatic rings. The lowest BCUT2D eigenvalue weighted by atomic mass is 10.1. The molecule has 0 amide bonds. The number of carboxylic acids is 1. The standard InChI is InChI=1S/C14H20O5/c15-11-18-10-4-3-6-13-9-8-12(19-13)5-1-2-7-14(16)17/h8-9,11H,1-7,10H2,(H,16,17). The van der Waals surface area contributed by atoms with E-state index in [4.69, 9.17) is 9.52 Å². The molecular weight excluding hydrogens is 248 g/mol. The Balaban J connectivity index is 2.13. The summed E-state index contributed by atoms with van der Waals surface area (Å²) >= 11 is 0. The summed E-state index contributed by atoms with van der Waals surface area (Å²) in [6.45, 7) is 0.911. The molecule has 0 saturated carbocycles. The highest BCUT2D eigenvalue weighted by Gasteiger charge is 2.03. The molecule has 1 N–H and O–H groups in total. The average Bonchev–Trinajstić information content (AvgIpc) is 2.82. The van der Waals surface area contributed by atoms with E-state index in [0.717, 1.165) is 43.6 Å². The second-order valence-electron chi connectivity index (χ2n) is 4.39. The van der Waals surface area contributed by atoms with Gasteiger partial charge in [-0.25, -0.2) is 0 Å². The summed E-state index contributed by atoms with van der Waals surface area (Å²) in [5.74, 6) is 1.08. The number of unbranched alkanes of at least 4 members (excludes halogenated alkanes) is 2. The fraction of sp³-hybridized carbons (Fsp3) is 0.571. The van der Waals surface area contributed by atoms with Crippen LogP contribution in [0.2, 0.25) is 0 Å². The second-order valence-corrected chi connectivity index (χ2v) is 4.39. The Hall–Kier alpha value is -1.78. The Labute approximate surface area is 112 Å². The molecule has 0 aromatic carbocycles. The van der Waals surface area contributed by atoms with Gasteiger partial charge < -0.3 is 14.3 Å². The molecule has 0 bridgehead atoms. The van der Waals surface area contributed by atoms with Crippen molar-refractivity contribution >= 4 is 12.4 Å². The molecule has 1 rings (SSSR count). The van der Waals surface area contributed by atoms with E-state index in [1.165, 1.54) is 0 Å². The SMILES string of the molecule is O=COCCCCc1ccc(CCCCC(=O)O)o1. The van der Waals surface area contributed by atoms with Gasteiger partial charge in [-0.2, -0.15) is 0 Å². The predicted molar refractivity (Wildman–Crippen MR) is 68.9 cm³/mol. The zero-order chi connectivity index (χ0) is 13.9. The van der Waals surface area contributed by atoms with Crippen LogP contribution in [0.15, 0.2) is 16.5 Å². The van der Waals surface area contributed by atoms with Gasteiger partial charge in [0.15, 0.2) is 0 Å². The molecule has 19 heavy (non-hydrogen) atoms. The smallest absolute Gasteiger partial charge is 0.303 e. The van der Waals surface area contributed by atoms with Gasteiger partial charge >= 0.3 is 5.97 Å². The topological polar surface area (TPSA) is 76.7 Å². The van der Waals surface area contributed by atoms with Gasteiger partial charge in [0.05, 0.1) is 6.61 Å². The van der Waals surface area contributed by atoms with Crippen molar-refractivity contribution in [2.75, 3.05) is 6.61 Å². The minimum Gasteiger partial charge on any atom is -0.481 e. The van der Waals surface area contributed by atoms with Crippen molar-refractivity contribution in [1.82, 2.24) is 0 Å². The lowest BCUT2D eigenvalue weighted by molar-refractivity contribution is -0.137. The average molecular weight is 268 g/mol. The van der Waals surface area contributed by atoms with Crippen molar-refractivity contribution in [3.05, 3.63) is 23.7 Å². The summed E-state index contributed by atoms with van der Waals surface area (Å²) in [4.78, 5) is 20.3. The highest BCUT2D eigenvalue weighted by molar-refractivity contribution is 5.66. The summed E-state index contributed by atoms with van der Waals surface area (Å²) in [5.41, 5.74) is 0. The van der Waals surface area contributed by atoms with Crippen LogP contribution in [0.5, 0.6) is 0 Å². The van der Waals surface area contributed by atoms with Gasteiger partial charge in [0.25, 0.3) is 6.47 Å². The molecule has 1 aromatic heterocycles. The van der Waals surface area contributed by atoms with Crippen molar-refractivity contribution in [1.29, 1.82) is 0 Å². The zero-order valence-electron chi connectivity index (χ0n) is 11.0. The first-order chi connectivity index (χ1) is 9.22. The Bertz CT molecular complexity index is 383. The van der Waals surface area contributed by atoms with Crippen molar-refractivity contribution in [2.45, 2.75) is 44.9 Å². The third-order valence-corrected chi connectivity index (χ3v) is 2.78. The van der Waals surface area contributed by atoms with Gasteiger partial charge in [-0.1, -0.05) is 0 Å². The van der Waals surface area contributed by atoms with Crippen LogP contribution in [0.1, 0.15) is 43.6 Å². The summed E-state index contributed by atoms with van der Waals surface area (Å²) < 4.78 is 10.2. The molecule has 1 aromatic rings. The summed E-state index contributed by atoms with van der Waals surface area (Å²) in [6, 6.07) is 3.89. The first-order valence-corrected chi connectivity index (χ1v) is 6.57. The number of aliphatic carboxylic acids is 1. The number of hydrogen-bond acceptors (Lipinski definition) is 4. The van der Waals surface area contributed by atoms with E-state index in [9.17, 15) is 9.59 Å². The van der Waals surface area contributed by atoms with E-state index >= 15 is 0 Å². The molecular formula is C14H20O5. The minimum atomic E-state index is -0.752. The maximum atomic E-state index is 10.4. The third-order valence-electron chi connectivity index (χ3n) is 2.78. The first kappa shape index (κ1) is 15.3. The van der Waals surface area contributed by atoms with Gasteiger partial charge in [-0.3, -0.25) is 9.59 Å². The Morgan fingerprint density at radius 1 is 1.16 bits per heavy atom. The number of rotatable bonds is 11. The number of carbonyl (C=O) groups excluding carboxylic acids is 1. The van der Waals surface area contributed by atoms with Crippen molar-refractivity contribution in [3.8, 4) is 0 Å². The number of ether oxygens (including phenoxy) is 1. The molecule has 5 heteroatoms. The minimum absolute atomic E-state index is 0.213. The second kappa shape index (κ2) is 9.19. The van der Waals surface area contributed by atoms with E-state index in [-0.39, 0.29) is 6.42 Å². The van der Waals surface area contributed by atoms with Crippen molar-refractivity contribution in [3.63, 3.8) is 0 Å². The molecule has 1 heterocycles. The molecule has 0 fully saturated rings. The Morgan fingerprint density at radius 2 is 1.79 bits per heavy atom. The molecule has 106 valence electrons. The van der Waals surface area contributed by atoms with E-state index in [0.29, 0.717) is 19.5 Å². The maximum absolute atomic E-state index is 10.4. The number of aryl methyl sites for hydroxylation is 2. The summed E-state index contributed by atoms with van der Waals surface area (Å²) in [6.07, 6.45) is 5.07. The molecule has 5 nitrogen and oxygen atoms in total. The summed E-state index contributed by atoms with van der Waals surface area (Å²) in [5, 5.41) is 8.52. The van der Waals surface area contributed by atoms with Gasteiger partial charge in [-0.15, -0.1) is 0 Å². The maximum Gasteiger partial charge on any atom is 0.303 e. The quantitative estimate of drug-likeness (QED) is 0.493. The fourth-order valence-electron chi connectivity index (χ4n) is 1.80. The highest BCUT2D eigenvalue weighted by atomic mass is 16.5. The molecule has 0 saturated heterocycles. The largest absolute Gasteiger partial charge is 0.481 e. The molecule has 0 atom stereocenters. The fourth-order valence-corrected chi connectivity index (χ4v) is 1.80. The lowest BCUT2D eigenvalue weighted by Gasteiger charge is -1.99. The van der Waals surface area contributed by atoms with Crippen LogP contribution >= 0.6 is 0 Å². The van der Waals surface area contributed by atoms with Crippen LogP contribution in [0.3, 0.4) is 0 Å². The van der Waals surface area contributed by atoms with Gasteiger partial charge in [0.2, 0.25) is 0 Å². The van der Waals surface area contributed by atoms with Crippen LogP contribution in [0.4, 0.5) is 0 Å². The third kappa shape index (κ3) is 7.28. The van der Waals surface area contributed by atoms with E-state index < -0.39 is 5.97 Å². The number of furan rings is 1. The molecule has 0 aliphatic heterocycles. The highest BCUT2D eigenvalue weighted by Crippen LogP contribution is 2.13. The van der Waals surface area contributed by atoms with Crippen LogP contribution in [-0.2, 0) is 27.2 Å². The van der Waals surface area contributed by atoms with Crippen molar-refractivity contribution < 1.29 is 23.8 Å². The van der Waals surface area contributed by atoms with Crippen LogP contribution < -0.4 is 0 Å². The summed E-state index contributed by atoms with van der Waals surface area (Å²) in [7, 11) is 0. The number of carboxylic acid groups (broad SMARTS) is 1. The number of hydrogen-bond donors (Lipinski definition) is 1. The van der Waals surface area contributed by atoms with Crippen LogP contribution in [0.25, 0.3) is 0 Å². The normalized spacial score (nSPS) is 10.3. The van der Waals surface area contributed by atoms with Gasteiger partial charge in [0.1, 0.15) is 11.5 Å². The van der Waals surface area contributed by atoms with Crippen molar-refractivity contribution in [2.24, 2.45) is 0 Å². The van der Waals surface area contributed by atoms with Crippen LogP contribution in [0, 0.1) is 0 Å².